The van der Waals surface area contributed by atoms with E-state index in [1.165, 1.54) is 29.2 Å². The minimum atomic E-state index is -2.83. The van der Waals surface area contributed by atoms with Gasteiger partial charge < -0.3 is 20.5 Å². The summed E-state index contributed by atoms with van der Waals surface area (Å²) < 4.78 is 41.6. The molecule has 0 radical (unpaired) electrons. The number of rotatable bonds is 7. The molecule has 7 nitrogen and oxygen atoms in total. The Morgan fingerprint density at radius 3 is 2.72 bits per heavy atom. The van der Waals surface area contributed by atoms with E-state index in [1.54, 1.807) is 11.1 Å². The molecule has 10 heteroatoms. The Hall–Kier alpha value is -3.27. The van der Waals surface area contributed by atoms with Gasteiger partial charge in [-0.1, -0.05) is 6.92 Å². The number of allylic oxidation sites excluding steroid dienone is 2. The molecule has 3 aliphatic heterocycles. The first-order valence-corrected chi connectivity index (χ1v) is 12.2. The van der Waals surface area contributed by atoms with Crippen LogP contribution < -0.4 is 16.1 Å². The van der Waals surface area contributed by atoms with Gasteiger partial charge in [0, 0.05) is 38.6 Å². The quantitative estimate of drug-likeness (QED) is 0.536. The third-order valence-corrected chi connectivity index (χ3v) is 7.52. The average Bonchev–Trinajstić information content (AvgIpc) is 3.55. The maximum Gasteiger partial charge on any atom is 0.278 e. The number of dihydropyridines is 1. The van der Waals surface area contributed by atoms with Gasteiger partial charge in [0.05, 0.1) is 11.1 Å². The summed E-state index contributed by atoms with van der Waals surface area (Å²) >= 11 is 0. The summed E-state index contributed by atoms with van der Waals surface area (Å²) in [6, 6.07) is 3.46. The van der Waals surface area contributed by atoms with Gasteiger partial charge in [-0.05, 0) is 72.2 Å². The molecule has 36 heavy (non-hydrogen) atoms. The molecule has 2 fully saturated rings. The van der Waals surface area contributed by atoms with Gasteiger partial charge in [-0.2, -0.15) is 0 Å². The summed E-state index contributed by atoms with van der Waals surface area (Å²) in [5.74, 6) is -0.708. The first-order valence-electron chi connectivity index (χ1n) is 12.2. The summed E-state index contributed by atoms with van der Waals surface area (Å²) in [6.45, 7) is 2.96. The van der Waals surface area contributed by atoms with Gasteiger partial charge >= 0.3 is 0 Å². The Kier molecular flexibility index (Phi) is 6.32. The van der Waals surface area contributed by atoms with E-state index >= 15 is 0 Å². The van der Waals surface area contributed by atoms with Gasteiger partial charge in [0.25, 0.3) is 6.43 Å². The van der Waals surface area contributed by atoms with Crippen molar-refractivity contribution in [3.05, 3.63) is 64.9 Å². The predicted molar refractivity (Wildman–Crippen MR) is 128 cm³/mol. The smallest absolute Gasteiger partial charge is 0.278 e. The molecule has 1 saturated carbocycles. The summed E-state index contributed by atoms with van der Waals surface area (Å²) in [5.41, 5.74) is 4.69. The highest BCUT2D eigenvalue weighted by atomic mass is 19.3. The number of alkyl halides is 2. The number of halogens is 3. The summed E-state index contributed by atoms with van der Waals surface area (Å²) in [6.07, 6.45) is 4.48. The highest BCUT2D eigenvalue weighted by Gasteiger charge is 2.53. The number of hydrogen-bond acceptors (Lipinski definition) is 5. The minimum Gasteiger partial charge on any atom is -0.369 e. The Balaban J connectivity index is 1.30. The molecule has 1 aromatic carbocycles. The summed E-state index contributed by atoms with van der Waals surface area (Å²) in [4.78, 5) is 27.7. The maximum absolute atomic E-state index is 14.3. The zero-order valence-corrected chi connectivity index (χ0v) is 20.3. The average molecular weight is 502 g/mol. The number of likely N-dealkylation sites (tertiary alicyclic amines) is 1. The van der Waals surface area contributed by atoms with Gasteiger partial charge in [0.1, 0.15) is 11.9 Å². The lowest BCUT2D eigenvalue weighted by Gasteiger charge is -2.29. The standard InChI is InChI=1S/C26H30F3N5O2/c1-26(18-3-4-18)5-6-34(25(26)36)20-10-21(23(28)29)32-22(11-20)24(35)30-12-15-7-16(9-19(27)8-15)17-13-31-33(2)14-17/h7-11,14,18,22-23,31-32H,3-6,12-13H2,1-2H3,(H,30,35)/t22?,26-/m0/s1. The van der Waals surface area contributed by atoms with Gasteiger partial charge in [0.15, 0.2) is 0 Å². The van der Waals surface area contributed by atoms with Crippen molar-refractivity contribution in [1.29, 1.82) is 0 Å². The van der Waals surface area contributed by atoms with Crippen LogP contribution in [0, 0.1) is 17.2 Å². The predicted octanol–water partition coefficient (Wildman–Crippen LogP) is 2.89. The third-order valence-electron chi connectivity index (χ3n) is 7.52. The SMILES string of the molecule is CN1C=C(c2cc(F)cc(CNC(=O)C3C=C(N4CC[C@@](C)(C5CC5)C4=O)C=C(C(F)F)N3)c2)CN1. The molecule has 0 aromatic heterocycles. The molecule has 192 valence electrons. The second-order valence-corrected chi connectivity index (χ2v) is 10.2. The lowest BCUT2D eigenvalue weighted by Crippen LogP contribution is -2.46. The van der Waals surface area contributed by atoms with E-state index in [0.717, 1.165) is 18.4 Å². The van der Waals surface area contributed by atoms with Crippen LogP contribution in [0.25, 0.3) is 5.57 Å². The van der Waals surface area contributed by atoms with Crippen LogP contribution in [0.3, 0.4) is 0 Å². The van der Waals surface area contributed by atoms with E-state index in [4.69, 9.17) is 0 Å². The zero-order chi connectivity index (χ0) is 25.6. The molecule has 1 unspecified atom stereocenters. The van der Waals surface area contributed by atoms with Crippen LogP contribution in [0.2, 0.25) is 0 Å². The number of amides is 2. The van der Waals surface area contributed by atoms with Crippen molar-refractivity contribution < 1.29 is 22.8 Å². The zero-order valence-electron chi connectivity index (χ0n) is 20.3. The first kappa shape index (κ1) is 24.4. The fraction of sp³-hybridized carbons (Fsp3) is 0.462. The fourth-order valence-corrected chi connectivity index (χ4v) is 5.23. The van der Waals surface area contributed by atoms with Crippen LogP contribution in [-0.4, -0.2) is 54.3 Å². The van der Waals surface area contributed by atoms with Crippen molar-refractivity contribution in [3.63, 3.8) is 0 Å². The maximum atomic E-state index is 14.3. The minimum absolute atomic E-state index is 0.0254. The highest BCUT2D eigenvalue weighted by Crippen LogP contribution is 2.52. The molecule has 1 aromatic rings. The molecule has 1 saturated heterocycles. The highest BCUT2D eigenvalue weighted by molar-refractivity contribution is 5.89. The Labute approximate surface area is 208 Å². The number of nitrogens with one attached hydrogen (secondary N) is 3. The lowest BCUT2D eigenvalue weighted by molar-refractivity contribution is -0.134. The van der Waals surface area contributed by atoms with Crippen LogP contribution in [0.5, 0.6) is 0 Å². The van der Waals surface area contributed by atoms with E-state index in [-0.39, 0.29) is 12.5 Å². The van der Waals surface area contributed by atoms with Crippen LogP contribution >= 0.6 is 0 Å². The Morgan fingerprint density at radius 1 is 1.28 bits per heavy atom. The number of nitrogens with zero attached hydrogens (tertiary/aromatic N) is 2. The summed E-state index contributed by atoms with van der Waals surface area (Å²) in [7, 11) is 1.84. The molecular formula is C26H30F3N5O2. The topological polar surface area (TPSA) is 76.7 Å². The fourth-order valence-electron chi connectivity index (χ4n) is 5.23. The van der Waals surface area contributed by atoms with Crippen molar-refractivity contribution in [1.82, 2.24) is 26.0 Å². The molecule has 0 bridgehead atoms. The molecule has 3 N–H and O–H groups in total. The first-order chi connectivity index (χ1) is 17.1. The van der Waals surface area contributed by atoms with Crippen molar-refractivity contribution in [3.8, 4) is 0 Å². The van der Waals surface area contributed by atoms with E-state index in [2.05, 4.69) is 16.1 Å². The molecule has 3 heterocycles. The largest absolute Gasteiger partial charge is 0.369 e. The third kappa shape index (κ3) is 4.74. The van der Waals surface area contributed by atoms with Crippen molar-refractivity contribution in [2.24, 2.45) is 11.3 Å². The Morgan fingerprint density at radius 2 is 2.06 bits per heavy atom. The van der Waals surface area contributed by atoms with E-state index in [9.17, 15) is 22.8 Å². The number of carbonyl (C=O) groups is 2. The molecule has 2 atom stereocenters. The lowest BCUT2D eigenvalue weighted by atomic mass is 9.83. The van der Waals surface area contributed by atoms with Gasteiger partial charge in [-0.15, -0.1) is 0 Å². The van der Waals surface area contributed by atoms with Crippen LogP contribution in [-0.2, 0) is 16.1 Å². The second-order valence-electron chi connectivity index (χ2n) is 10.2. The molecule has 1 aliphatic carbocycles. The van der Waals surface area contributed by atoms with Gasteiger partial charge in [-0.25, -0.2) is 18.6 Å². The van der Waals surface area contributed by atoms with E-state index < -0.39 is 35.3 Å². The molecule has 0 spiro atoms. The summed E-state index contributed by atoms with van der Waals surface area (Å²) in [5, 5.41) is 7.07. The molecule has 4 aliphatic rings. The van der Waals surface area contributed by atoms with Crippen LogP contribution in [0.1, 0.15) is 37.3 Å². The van der Waals surface area contributed by atoms with Crippen LogP contribution in [0.4, 0.5) is 13.2 Å². The Bertz CT molecular complexity index is 1180. The molecular weight excluding hydrogens is 471 g/mol. The van der Waals surface area contributed by atoms with E-state index in [0.29, 0.717) is 42.3 Å². The van der Waals surface area contributed by atoms with Crippen molar-refractivity contribution >= 4 is 17.4 Å². The van der Waals surface area contributed by atoms with Gasteiger partial charge in [-0.3, -0.25) is 9.59 Å². The number of carbonyl (C=O) groups excluding carboxylic acids is 2. The number of benzene rings is 1. The van der Waals surface area contributed by atoms with Gasteiger partial charge in [0.2, 0.25) is 11.8 Å². The van der Waals surface area contributed by atoms with Crippen molar-refractivity contribution in [2.75, 3.05) is 20.1 Å². The van der Waals surface area contributed by atoms with E-state index in [1.807, 2.05) is 20.2 Å². The number of hydrazine groups is 1. The normalized spacial score (nSPS) is 26.1. The van der Waals surface area contributed by atoms with Crippen molar-refractivity contribution in [2.45, 2.75) is 45.2 Å². The monoisotopic (exact) mass is 501 g/mol. The van der Waals surface area contributed by atoms with Crippen LogP contribution in [0.15, 0.2) is 47.9 Å². The second kappa shape index (κ2) is 9.31. The molecule has 2 amide bonds. The number of hydrogen-bond donors (Lipinski definition) is 3. The molecule has 5 rings (SSSR count).